The Hall–Kier alpha value is -3.35. The molecule has 2 aromatic carbocycles. The van der Waals surface area contributed by atoms with E-state index < -0.39 is 10.9 Å². The fourth-order valence-electron chi connectivity index (χ4n) is 2.23. The molecule has 0 aliphatic heterocycles. The number of rotatable bonds is 8. The maximum absolute atomic E-state index is 12.1. The first-order chi connectivity index (χ1) is 12.5. The van der Waals surface area contributed by atoms with Crippen molar-refractivity contribution in [1.29, 1.82) is 0 Å². The average molecular weight is 357 g/mol. The summed E-state index contributed by atoms with van der Waals surface area (Å²) in [5.74, 6) is 0.957. The summed E-state index contributed by atoms with van der Waals surface area (Å²) in [6.45, 7) is 0. The monoisotopic (exact) mass is 357 g/mol. The fourth-order valence-corrected chi connectivity index (χ4v) is 2.23. The van der Waals surface area contributed by atoms with Crippen LogP contribution in [0.25, 0.3) is 6.08 Å². The molecule has 0 bridgehead atoms. The van der Waals surface area contributed by atoms with E-state index in [4.69, 9.17) is 14.2 Å². The average Bonchev–Trinajstić information content (AvgIpc) is 2.65. The van der Waals surface area contributed by atoms with Crippen LogP contribution in [0.5, 0.6) is 17.2 Å². The molecule has 136 valence electrons. The largest absolute Gasteiger partial charge is 0.497 e. The second kappa shape index (κ2) is 9.22. The Kier molecular flexibility index (Phi) is 6.73. The normalized spacial score (nSPS) is 10.5. The lowest BCUT2D eigenvalue weighted by atomic mass is 10.1. The zero-order chi connectivity index (χ0) is 18.9. The van der Waals surface area contributed by atoms with E-state index in [2.05, 4.69) is 0 Å². The Labute approximate surface area is 151 Å². The predicted molar refractivity (Wildman–Crippen MR) is 96.0 cm³/mol. The summed E-state index contributed by atoms with van der Waals surface area (Å²) in [5, 5.41) is 10.4. The summed E-state index contributed by atoms with van der Waals surface area (Å²) >= 11 is 0. The fraction of sp³-hybridized carbons (Fsp3) is 0.211. The maximum atomic E-state index is 12.1. The molecule has 7 nitrogen and oxygen atoms in total. The molecule has 0 saturated heterocycles. The first-order valence-corrected chi connectivity index (χ1v) is 7.85. The van der Waals surface area contributed by atoms with Gasteiger partial charge < -0.3 is 14.2 Å². The highest BCUT2D eigenvalue weighted by molar-refractivity contribution is 5.74. The standard InChI is InChI=1S/C19H19NO6/c1-24-16-7-3-14(4-8-16)6-10-19(21)26-17-9-5-15(11-12-20(22)23)13-18(17)25-2/h3-5,7-9,11-13H,6,10H2,1-2H3/b12-11+. The van der Waals surface area contributed by atoms with Crippen LogP contribution in [0.4, 0.5) is 0 Å². The van der Waals surface area contributed by atoms with Crippen molar-refractivity contribution in [1.82, 2.24) is 0 Å². The van der Waals surface area contributed by atoms with E-state index in [1.165, 1.54) is 13.2 Å². The van der Waals surface area contributed by atoms with Crippen molar-refractivity contribution >= 4 is 12.0 Å². The molecule has 0 N–H and O–H groups in total. The summed E-state index contributed by atoms with van der Waals surface area (Å²) in [4.78, 5) is 21.9. The van der Waals surface area contributed by atoms with Gasteiger partial charge in [0, 0.05) is 12.5 Å². The molecule has 2 aromatic rings. The number of methoxy groups -OCH3 is 2. The van der Waals surface area contributed by atoms with Gasteiger partial charge in [0.25, 0.3) is 0 Å². The van der Waals surface area contributed by atoms with Gasteiger partial charge in [0.05, 0.1) is 19.1 Å². The molecule has 0 amide bonds. The minimum atomic E-state index is -0.556. The summed E-state index contributed by atoms with van der Waals surface area (Å²) in [6, 6.07) is 12.2. The molecule has 0 aliphatic carbocycles. The van der Waals surface area contributed by atoms with Crippen LogP contribution < -0.4 is 14.2 Å². The van der Waals surface area contributed by atoms with Gasteiger partial charge >= 0.3 is 5.97 Å². The smallest absolute Gasteiger partial charge is 0.311 e. The number of nitro groups is 1. The second-order valence-corrected chi connectivity index (χ2v) is 5.33. The van der Waals surface area contributed by atoms with Gasteiger partial charge in [-0.05, 0) is 41.8 Å². The van der Waals surface area contributed by atoms with Crippen molar-refractivity contribution in [2.24, 2.45) is 0 Å². The minimum Gasteiger partial charge on any atom is -0.497 e. The summed E-state index contributed by atoms with van der Waals surface area (Å²) in [6.07, 6.45) is 2.90. The summed E-state index contributed by atoms with van der Waals surface area (Å²) in [7, 11) is 3.03. The predicted octanol–water partition coefficient (Wildman–Crippen LogP) is 3.49. The van der Waals surface area contributed by atoms with Gasteiger partial charge in [0.2, 0.25) is 6.20 Å². The van der Waals surface area contributed by atoms with Crippen molar-refractivity contribution in [3.8, 4) is 17.2 Å². The van der Waals surface area contributed by atoms with Gasteiger partial charge in [-0.15, -0.1) is 0 Å². The molecule has 0 aromatic heterocycles. The quantitative estimate of drug-likeness (QED) is 0.311. The third kappa shape index (κ3) is 5.62. The van der Waals surface area contributed by atoms with Crippen molar-refractivity contribution in [2.75, 3.05) is 14.2 Å². The Morgan fingerprint density at radius 1 is 1.08 bits per heavy atom. The number of hydrogen-bond donors (Lipinski definition) is 0. The summed E-state index contributed by atoms with van der Waals surface area (Å²) < 4.78 is 15.6. The Morgan fingerprint density at radius 3 is 2.42 bits per heavy atom. The zero-order valence-electron chi connectivity index (χ0n) is 14.5. The van der Waals surface area contributed by atoms with E-state index in [0.717, 1.165) is 17.5 Å². The molecular formula is C19H19NO6. The van der Waals surface area contributed by atoms with Gasteiger partial charge in [-0.1, -0.05) is 18.2 Å². The first kappa shape index (κ1) is 19.0. The lowest BCUT2D eigenvalue weighted by Crippen LogP contribution is -2.10. The molecule has 26 heavy (non-hydrogen) atoms. The van der Waals surface area contributed by atoms with Crippen LogP contribution in [-0.2, 0) is 11.2 Å². The van der Waals surface area contributed by atoms with E-state index in [1.807, 2.05) is 24.3 Å². The molecule has 0 unspecified atom stereocenters. The highest BCUT2D eigenvalue weighted by Gasteiger charge is 2.11. The van der Waals surface area contributed by atoms with Crippen molar-refractivity contribution in [2.45, 2.75) is 12.8 Å². The van der Waals surface area contributed by atoms with E-state index in [1.54, 1.807) is 25.3 Å². The topological polar surface area (TPSA) is 87.9 Å². The third-order valence-electron chi connectivity index (χ3n) is 3.58. The minimum absolute atomic E-state index is 0.207. The van der Waals surface area contributed by atoms with Crippen LogP contribution in [0.2, 0.25) is 0 Å². The van der Waals surface area contributed by atoms with Crippen LogP contribution >= 0.6 is 0 Å². The number of ether oxygens (including phenoxy) is 3. The van der Waals surface area contributed by atoms with E-state index in [9.17, 15) is 14.9 Å². The van der Waals surface area contributed by atoms with Crippen LogP contribution in [0.15, 0.2) is 48.7 Å². The maximum Gasteiger partial charge on any atom is 0.311 e. The molecule has 0 fully saturated rings. The van der Waals surface area contributed by atoms with Crippen LogP contribution in [0.3, 0.4) is 0 Å². The number of aryl methyl sites for hydroxylation is 1. The van der Waals surface area contributed by atoms with E-state index >= 15 is 0 Å². The van der Waals surface area contributed by atoms with Crippen LogP contribution in [-0.4, -0.2) is 25.1 Å². The number of esters is 1. The van der Waals surface area contributed by atoms with Crippen molar-refractivity contribution in [3.63, 3.8) is 0 Å². The number of benzene rings is 2. The molecule has 2 rings (SSSR count). The van der Waals surface area contributed by atoms with Gasteiger partial charge in [-0.25, -0.2) is 0 Å². The van der Waals surface area contributed by atoms with E-state index in [0.29, 0.717) is 17.7 Å². The van der Waals surface area contributed by atoms with Crippen molar-refractivity contribution in [3.05, 3.63) is 69.9 Å². The highest BCUT2D eigenvalue weighted by Crippen LogP contribution is 2.29. The summed E-state index contributed by atoms with van der Waals surface area (Å²) in [5.41, 5.74) is 1.56. The molecular weight excluding hydrogens is 338 g/mol. The lowest BCUT2D eigenvalue weighted by Gasteiger charge is -2.10. The van der Waals surface area contributed by atoms with Crippen LogP contribution in [0.1, 0.15) is 17.5 Å². The van der Waals surface area contributed by atoms with E-state index in [-0.39, 0.29) is 12.2 Å². The van der Waals surface area contributed by atoms with Gasteiger partial charge in [0.15, 0.2) is 11.5 Å². The molecule has 0 radical (unpaired) electrons. The van der Waals surface area contributed by atoms with Crippen LogP contribution in [0, 0.1) is 10.1 Å². The SMILES string of the molecule is COc1ccc(CCC(=O)Oc2ccc(/C=C/[N+](=O)[O-])cc2OC)cc1. The Balaban J connectivity index is 1.97. The highest BCUT2D eigenvalue weighted by atomic mass is 16.6. The Morgan fingerprint density at radius 2 is 1.81 bits per heavy atom. The number of hydrogen-bond acceptors (Lipinski definition) is 6. The molecule has 0 aliphatic rings. The number of carbonyl (C=O) groups excluding carboxylic acids is 1. The number of nitrogens with zero attached hydrogens (tertiary/aromatic N) is 1. The van der Waals surface area contributed by atoms with Gasteiger partial charge in [-0.2, -0.15) is 0 Å². The molecule has 0 spiro atoms. The number of carbonyl (C=O) groups is 1. The third-order valence-corrected chi connectivity index (χ3v) is 3.58. The van der Waals surface area contributed by atoms with Gasteiger partial charge in [-0.3, -0.25) is 14.9 Å². The first-order valence-electron chi connectivity index (χ1n) is 7.85. The second-order valence-electron chi connectivity index (χ2n) is 5.33. The molecule has 0 atom stereocenters. The van der Waals surface area contributed by atoms with Gasteiger partial charge in [0.1, 0.15) is 5.75 Å². The Bertz CT molecular complexity index is 798. The lowest BCUT2D eigenvalue weighted by molar-refractivity contribution is -0.400. The zero-order valence-corrected chi connectivity index (χ0v) is 14.5. The molecule has 7 heteroatoms. The van der Waals surface area contributed by atoms with Crippen molar-refractivity contribution < 1.29 is 23.9 Å². The molecule has 0 heterocycles. The molecule has 0 saturated carbocycles.